The summed E-state index contributed by atoms with van der Waals surface area (Å²) in [6, 6.07) is -1.95. The number of likely N-dealkylation sites (tertiary alicyclic amines) is 1. The minimum atomic E-state index is -1.00. The first-order valence-corrected chi connectivity index (χ1v) is 6.55. The predicted octanol–water partition coefficient (Wildman–Crippen LogP) is 0.160. The molecule has 0 aliphatic carbocycles. The molecule has 7 nitrogen and oxygen atoms in total. The monoisotopic (exact) mass is 271 g/mol. The summed E-state index contributed by atoms with van der Waals surface area (Å²) in [6.07, 6.45) is 1.94. The van der Waals surface area contributed by atoms with E-state index >= 15 is 0 Å². The van der Waals surface area contributed by atoms with Crippen molar-refractivity contribution in [3.8, 4) is 0 Å². The Labute approximate surface area is 112 Å². The summed E-state index contributed by atoms with van der Waals surface area (Å²) in [5, 5.41) is 14.2. The molecule has 1 fully saturated rings. The van der Waals surface area contributed by atoms with E-state index in [0.717, 1.165) is 6.42 Å². The maximum atomic E-state index is 11.9. The molecule has 0 spiro atoms. The van der Waals surface area contributed by atoms with Gasteiger partial charge >= 0.3 is 12.0 Å². The molecular weight excluding hydrogens is 250 g/mol. The zero-order valence-electron chi connectivity index (χ0n) is 11.3. The van der Waals surface area contributed by atoms with Gasteiger partial charge in [-0.1, -0.05) is 6.92 Å². The number of urea groups is 1. The van der Waals surface area contributed by atoms with E-state index in [1.807, 2.05) is 6.92 Å². The Kier molecular flexibility index (Phi) is 5.59. The quantitative estimate of drug-likeness (QED) is 0.663. The summed E-state index contributed by atoms with van der Waals surface area (Å²) in [5.74, 6) is -1.27. The number of hydrogen-bond donors (Lipinski definition) is 3. The molecule has 0 aromatic rings. The van der Waals surface area contributed by atoms with Crippen molar-refractivity contribution in [3.05, 3.63) is 0 Å². The molecule has 0 bridgehead atoms. The molecule has 2 atom stereocenters. The summed E-state index contributed by atoms with van der Waals surface area (Å²) >= 11 is 0. The van der Waals surface area contributed by atoms with Crippen molar-refractivity contribution in [3.63, 3.8) is 0 Å². The number of hydrogen-bond acceptors (Lipinski definition) is 3. The highest BCUT2D eigenvalue weighted by Gasteiger charge is 2.34. The SMILES string of the molecule is CCCNC(=O)C(C)NC(=O)N1CCCC1C(=O)O. The zero-order valence-corrected chi connectivity index (χ0v) is 11.3. The number of nitrogens with zero attached hydrogens (tertiary/aromatic N) is 1. The minimum Gasteiger partial charge on any atom is -0.480 e. The Morgan fingerprint density at radius 2 is 2.11 bits per heavy atom. The fraction of sp³-hybridized carbons (Fsp3) is 0.750. The van der Waals surface area contributed by atoms with Gasteiger partial charge in [-0.3, -0.25) is 4.79 Å². The molecular formula is C12H21N3O4. The van der Waals surface area contributed by atoms with Crippen molar-refractivity contribution in [2.45, 2.75) is 45.2 Å². The highest BCUT2D eigenvalue weighted by molar-refractivity contribution is 5.88. The van der Waals surface area contributed by atoms with Crippen LogP contribution < -0.4 is 10.6 Å². The fourth-order valence-electron chi connectivity index (χ4n) is 2.00. The van der Waals surface area contributed by atoms with E-state index in [9.17, 15) is 14.4 Å². The lowest BCUT2D eigenvalue weighted by Gasteiger charge is -2.24. The normalized spacial score (nSPS) is 19.9. The lowest BCUT2D eigenvalue weighted by molar-refractivity contribution is -0.141. The van der Waals surface area contributed by atoms with Crippen LogP contribution in [0.15, 0.2) is 0 Å². The number of carboxylic acids is 1. The van der Waals surface area contributed by atoms with Gasteiger partial charge in [0, 0.05) is 13.1 Å². The van der Waals surface area contributed by atoms with E-state index in [2.05, 4.69) is 10.6 Å². The molecule has 0 aromatic carbocycles. The molecule has 7 heteroatoms. The maximum Gasteiger partial charge on any atom is 0.326 e. The van der Waals surface area contributed by atoms with Gasteiger partial charge in [-0.25, -0.2) is 9.59 Å². The Morgan fingerprint density at radius 3 is 2.68 bits per heavy atom. The molecule has 0 saturated carbocycles. The molecule has 1 heterocycles. The van der Waals surface area contributed by atoms with Crippen molar-refractivity contribution in [2.24, 2.45) is 0 Å². The summed E-state index contributed by atoms with van der Waals surface area (Å²) < 4.78 is 0. The molecule has 2 unspecified atom stereocenters. The van der Waals surface area contributed by atoms with E-state index < -0.39 is 24.1 Å². The molecule has 0 aromatic heterocycles. The van der Waals surface area contributed by atoms with E-state index in [0.29, 0.717) is 25.9 Å². The van der Waals surface area contributed by atoms with Crippen LogP contribution in [0.5, 0.6) is 0 Å². The lowest BCUT2D eigenvalue weighted by Crippen LogP contribution is -2.52. The van der Waals surface area contributed by atoms with Crippen LogP contribution in [0, 0.1) is 0 Å². The molecule has 108 valence electrons. The fourth-order valence-corrected chi connectivity index (χ4v) is 2.00. The van der Waals surface area contributed by atoms with Crippen molar-refractivity contribution < 1.29 is 19.5 Å². The molecule has 1 aliphatic rings. The third-order valence-corrected chi connectivity index (χ3v) is 3.08. The predicted molar refractivity (Wildman–Crippen MR) is 68.7 cm³/mol. The standard InChI is InChI=1S/C12H21N3O4/c1-3-6-13-10(16)8(2)14-12(19)15-7-4-5-9(15)11(17)18/h8-9H,3-7H2,1-2H3,(H,13,16)(H,14,19)(H,17,18). The third-order valence-electron chi connectivity index (χ3n) is 3.08. The number of rotatable bonds is 5. The van der Waals surface area contributed by atoms with Crippen LogP contribution in [0.4, 0.5) is 4.79 Å². The van der Waals surface area contributed by atoms with Gasteiger partial charge < -0.3 is 20.6 Å². The highest BCUT2D eigenvalue weighted by Crippen LogP contribution is 2.17. The maximum absolute atomic E-state index is 11.9. The molecule has 1 aliphatic heterocycles. The van der Waals surface area contributed by atoms with Crippen LogP contribution in [-0.4, -0.2) is 53.1 Å². The first kappa shape index (κ1) is 15.3. The summed E-state index contributed by atoms with van der Waals surface area (Å²) in [5.41, 5.74) is 0. The van der Waals surface area contributed by atoms with Crippen molar-refractivity contribution in [2.75, 3.05) is 13.1 Å². The first-order valence-electron chi connectivity index (χ1n) is 6.55. The highest BCUT2D eigenvalue weighted by atomic mass is 16.4. The van der Waals surface area contributed by atoms with Crippen molar-refractivity contribution in [1.29, 1.82) is 0 Å². The van der Waals surface area contributed by atoms with Gasteiger partial charge in [-0.15, -0.1) is 0 Å². The molecule has 1 rings (SSSR count). The van der Waals surface area contributed by atoms with Gasteiger partial charge in [0.2, 0.25) is 5.91 Å². The molecule has 0 radical (unpaired) electrons. The van der Waals surface area contributed by atoms with Gasteiger partial charge in [-0.2, -0.15) is 0 Å². The second-order valence-corrected chi connectivity index (χ2v) is 4.65. The number of amides is 3. The van der Waals surface area contributed by atoms with Gasteiger partial charge in [0.15, 0.2) is 0 Å². The summed E-state index contributed by atoms with van der Waals surface area (Å²) in [4.78, 5) is 35.8. The van der Waals surface area contributed by atoms with Crippen LogP contribution in [-0.2, 0) is 9.59 Å². The number of carbonyl (C=O) groups excluding carboxylic acids is 2. The molecule has 1 saturated heterocycles. The molecule has 3 amide bonds. The van der Waals surface area contributed by atoms with Crippen LogP contribution in [0.1, 0.15) is 33.1 Å². The van der Waals surface area contributed by atoms with Gasteiger partial charge in [0.05, 0.1) is 0 Å². The Morgan fingerprint density at radius 1 is 1.42 bits per heavy atom. The van der Waals surface area contributed by atoms with E-state index in [1.165, 1.54) is 4.90 Å². The number of carbonyl (C=O) groups is 3. The van der Waals surface area contributed by atoms with Crippen LogP contribution in [0.3, 0.4) is 0 Å². The van der Waals surface area contributed by atoms with E-state index in [-0.39, 0.29) is 5.91 Å². The zero-order chi connectivity index (χ0) is 14.4. The minimum absolute atomic E-state index is 0.263. The van der Waals surface area contributed by atoms with Crippen molar-refractivity contribution in [1.82, 2.24) is 15.5 Å². The van der Waals surface area contributed by atoms with E-state index in [4.69, 9.17) is 5.11 Å². The third kappa shape index (κ3) is 4.11. The lowest BCUT2D eigenvalue weighted by atomic mass is 10.2. The summed E-state index contributed by atoms with van der Waals surface area (Å²) in [7, 11) is 0. The van der Waals surface area contributed by atoms with Gasteiger partial charge in [0.1, 0.15) is 12.1 Å². The smallest absolute Gasteiger partial charge is 0.326 e. The largest absolute Gasteiger partial charge is 0.480 e. The van der Waals surface area contributed by atoms with Gasteiger partial charge in [0.25, 0.3) is 0 Å². The van der Waals surface area contributed by atoms with Crippen molar-refractivity contribution >= 4 is 17.9 Å². The Hall–Kier alpha value is -1.79. The average Bonchev–Trinajstić information content (AvgIpc) is 2.84. The average molecular weight is 271 g/mol. The number of carboxylic acid groups (broad SMARTS) is 1. The second-order valence-electron chi connectivity index (χ2n) is 4.65. The topological polar surface area (TPSA) is 98.7 Å². The Bertz CT molecular complexity index is 359. The van der Waals surface area contributed by atoms with Crippen LogP contribution in [0.2, 0.25) is 0 Å². The second kappa shape index (κ2) is 6.96. The van der Waals surface area contributed by atoms with E-state index in [1.54, 1.807) is 6.92 Å². The summed E-state index contributed by atoms with van der Waals surface area (Å²) in [6.45, 7) is 4.48. The van der Waals surface area contributed by atoms with Crippen LogP contribution >= 0.6 is 0 Å². The molecule has 3 N–H and O–H groups in total. The first-order chi connectivity index (χ1) is 8.97. The Balaban J connectivity index is 2.50. The molecule has 19 heavy (non-hydrogen) atoms. The number of nitrogens with one attached hydrogen (secondary N) is 2. The van der Waals surface area contributed by atoms with Crippen LogP contribution in [0.25, 0.3) is 0 Å². The number of aliphatic carboxylic acids is 1. The van der Waals surface area contributed by atoms with Gasteiger partial charge in [-0.05, 0) is 26.2 Å².